The van der Waals surface area contributed by atoms with Crippen molar-refractivity contribution in [3.8, 4) is 5.69 Å². The first-order valence-corrected chi connectivity index (χ1v) is 6.73. The van der Waals surface area contributed by atoms with Crippen molar-refractivity contribution in [3.63, 3.8) is 0 Å². The number of carbonyl (C=O) groups is 1. The second-order valence-corrected chi connectivity index (χ2v) is 5.30. The maximum Gasteiger partial charge on any atom is 0.277 e. The van der Waals surface area contributed by atoms with Crippen molar-refractivity contribution in [2.24, 2.45) is 4.99 Å². The first kappa shape index (κ1) is 11.5. The monoisotopic (exact) mass is 326 g/mol. The quantitative estimate of drug-likeness (QED) is 0.690. The maximum atomic E-state index is 11.5. The molecule has 0 atom stereocenters. The number of aliphatic imine (C=N–C) groups is 1. The van der Waals surface area contributed by atoms with E-state index in [-0.39, 0.29) is 5.91 Å². The van der Waals surface area contributed by atoms with Crippen molar-refractivity contribution in [2.45, 2.75) is 0 Å². The van der Waals surface area contributed by atoms with E-state index in [1.807, 2.05) is 22.9 Å². The first-order valence-electron chi connectivity index (χ1n) is 5.93. The van der Waals surface area contributed by atoms with Gasteiger partial charge in [0.15, 0.2) is 0 Å². The van der Waals surface area contributed by atoms with Crippen LogP contribution in [0.25, 0.3) is 16.7 Å². The van der Waals surface area contributed by atoms with E-state index in [2.05, 4.69) is 30.9 Å². The summed E-state index contributed by atoms with van der Waals surface area (Å²) in [5, 5.41) is 0.942. The Kier molecular flexibility index (Phi) is 2.34. The fraction of sp³-hybridized carbons (Fsp3) is 0. The molecule has 0 saturated carbocycles. The summed E-state index contributed by atoms with van der Waals surface area (Å²) < 4.78 is 2.89. The summed E-state index contributed by atoms with van der Waals surface area (Å²) in [6.45, 7) is 0. The Bertz CT molecular complexity index is 897. The molecule has 3 heterocycles. The van der Waals surface area contributed by atoms with Crippen LogP contribution in [-0.4, -0.2) is 26.7 Å². The molecule has 1 aromatic carbocycles. The SMILES string of the molecule is O=C1N=Cc2cc(-n3cc(Br)c4cncnc43)ccc21. The maximum absolute atomic E-state index is 11.5. The first-order chi connectivity index (χ1) is 9.74. The molecule has 3 aromatic rings. The second-order valence-electron chi connectivity index (χ2n) is 4.44. The summed E-state index contributed by atoms with van der Waals surface area (Å²) >= 11 is 3.51. The lowest BCUT2D eigenvalue weighted by atomic mass is 10.1. The molecule has 0 N–H and O–H groups in total. The van der Waals surface area contributed by atoms with Gasteiger partial charge in [-0.2, -0.15) is 0 Å². The van der Waals surface area contributed by atoms with Crippen molar-refractivity contribution in [1.82, 2.24) is 14.5 Å². The number of rotatable bonds is 1. The number of benzene rings is 1. The Hall–Kier alpha value is -2.34. The van der Waals surface area contributed by atoms with E-state index in [9.17, 15) is 4.79 Å². The number of fused-ring (bicyclic) bond motifs is 2. The smallest absolute Gasteiger partial charge is 0.277 e. The molecule has 0 spiro atoms. The molecule has 2 aromatic heterocycles. The Labute approximate surface area is 122 Å². The minimum Gasteiger partial charge on any atom is -0.300 e. The normalized spacial score (nSPS) is 13.2. The van der Waals surface area contributed by atoms with Gasteiger partial charge in [0.2, 0.25) is 0 Å². The summed E-state index contributed by atoms with van der Waals surface area (Å²) in [5.74, 6) is -0.188. The molecule has 0 bridgehead atoms. The molecule has 0 saturated heterocycles. The molecular weight excluding hydrogens is 320 g/mol. The van der Waals surface area contributed by atoms with E-state index in [1.165, 1.54) is 6.33 Å². The van der Waals surface area contributed by atoms with Crippen molar-refractivity contribution in [1.29, 1.82) is 0 Å². The van der Waals surface area contributed by atoms with E-state index < -0.39 is 0 Å². The van der Waals surface area contributed by atoms with Crippen LogP contribution in [0, 0.1) is 0 Å². The number of nitrogens with zero attached hydrogens (tertiary/aromatic N) is 4. The van der Waals surface area contributed by atoms with Crippen molar-refractivity contribution < 1.29 is 4.79 Å². The zero-order valence-corrected chi connectivity index (χ0v) is 11.7. The zero-order chi connectivity index (χ0) is 13.7. The molecule has 4 rings (SSSR count). The lowest BCUT2D eigenvalue weighted by molar-refractivity contribution is 0.101. The number of halogens is 1. The lowest BCUT2D eigenvalue weighted by Gasteiger charge is -2.05. The molecule has 6 heteroatoms. The van der Waals surface area contributed by atoms with Gasteiger partial charge in [-0.3, -0.25) is 4.79 Å². The highest BCUT2D eigenvalue weighted by Crippen LogP contribution is 2.28. The largest absolute Gasteiger partial charge is 0.300 e. The van der Waals surface area contributed by atoms with Gasteiger partial charge in [-0.25, -0.2) is 15.0 Å². The Morgan fingerprint density at radius 1 is 1.25 bits per heavy atom. The molecule has 0 fully saturated rings. The van der Waals surface area contributed by atoms with Crippen LogP contribution in [0.4, 0.5) is 0 Å². The Morgan fingerprint density at radius 2 is 2.15 bits per heavy atom. The van der Waals surface area contributed by atoms with Gasteiger partial charge in [0.1, 0.15) is 12.0 Å². The van der Waals surface area contributed by atoms with Crippen LogP contribution in [0.3, 0.4) is 0 Å². The fourth-order valence-corrected chi connectivity index (χ4v) is 2.81. The van der Waals surface area contributed by atoms with Gasteiger partial charge in [-0.05, 0) is 34.1 Å². The van der Waals surface area contributed by atoms with Crippen molar-refractivity contribution in [3.05, 3.63) is 52.5 Å². The molecule has 20 heavy (non-hydrogen) atoms. The molecule has 0 radical (unpaired) electrons. The van der Waals surface area contributed by atoms with Gasteiger partial charge in [0.25, 0.3) is 5.91 Å². The topological polar surface area (TPSA) is 60.1 Å². The van der Waals surface area contributed by atoms with Crippen LogP contribution in [0.2, 0.25) is 0 Å². The predicted molar refractivity (Wildman–Crippen MR) is 78.5 cm³/mol. The lowest BCUT2D eigenvalue weighted by Crippen LogP contribution is -1.97. The van der Waals surface area contributed by atoms with E-state index >= 15 is 0 Å². The summed E-state index contributed by atoms with van der Waals surface area (Å²) in [6.07, 6.45) is 6.82. The summed E-state index contributed by atoms with van der Waals surface area (Å²) in [5.41, 5.74) is 3.21. The average molecular weight is 327 g/mol. The summed E-state index contributed by atoms with van der Waals surface area (Å²) in [4.78, 5) is 23.6. The molecule has 1 aliphatic heterocycles. The highest BCUT2D eigenvalue weighted by Gasteiger charge is 2.17. The van der Waals surface area contributed by atoms with Crippen molar-refractivity contribution >= 4 is 39.1 Å². The van der Waals surface area contributed by atoms with Gasteiger partial charge in [-0.15, -0.1) is 0 Å². The number of carbonyl (C=O) groups excluding carboxylic acids is 1. The predicted octanol–water partition coefficient (Wildman–Crippen LogP) is 2.76. The fourth-order valence-electron chi connectivity index (χ4n) is 2.32. The Balaban J connectivity index is 1.96. The number of aromatic nitrogens is 3. The van der Waals surface area contributed by atoms with Gasteiger partial charge >= 0.3 is 0 Å². The third-order valence-corrected chi connectivity index (χ3v) is 3.92. The summed E-state index contributed by atoms with van der Waals surface area (Å²) in [7, 11) is 0. The molecular formula is C14H7BrN4O. The van der Waals surface area contributed by atoms with E-state index in [0.717, 1.165) is 26.8 Å². The second kappa shape index (κ2) is 4.08. The van der Waals surface area contributed by atoms with E-state index in [0.29, 0.717) is 5.56 Å². The van der Waals surface area contributed by atoms with Crippen LogP contribution in [-0.2, 0) is 0 Å². The van der Waals surface area contributed by atoms with Crippen LogP contribution in [0.5, 0.6) is 0 Å². The molecule has 0 aliphatic carbocycles. The highest BCUT2D eigenvalue weighted by molar-refractivity contribution is 9.10. The molecule has 5 nitrogen and oxygen atoms in total. The molecule has 1 aliphatic rings. The van der Waals surface area contributed by atoms with Crippen molar-refractivity contribution in [2.75, 3.05) is 0 Å². The standard InChI is InChI=1S/C14H7BrN4O/c15-12-6-19(13-11(12)5-16-7-18-13)9-1-2-10-8(3-9)4-17-14(10)20/h1-7H. The van der Waals surface area contributed by atoms with E-state index in [1.54, 1.807) is 18.5 Å². The van der Waals surface area contributed by atoms with Crippen LogP contribution < -0.4 is 0 Å². The zero-order valence-electron chi connectivity index (χ0n) is 10.1. The number of hydrogen-bond donors (Lipinski definition) is 0. The van der Waals surface area contributed by atoms with E-state index in [4.69, 9.17) is 0 Å². The third-order valence-electron chi connectivity index (χ3n) is 3.28. The van der Waals surface area contributed by atoms with Gasteiger partial charge in [0.05, 0.1) is 10.9 Å². The van der Waals surface area contributed by atoms with Gasteiger partial charge in [0, 0.05) is 34.3 Å². The Morgan fingerprint density at radius 3 is 3.05 bits per heavy atom. The highest BCUT2D eigenvalue weighted by atomic mass is 79.9. The minimum atomic E-state index is -0.188. The number of hydrogen-bond acceptors (Lipinski definition) is 3. The average Bonchev–Trinajstić information content (AvgIpc) is 3.01. The number of amides is 1. The van der Waals surface area contributed by atoms with Gasteiger partial charge < -0.3 is 4.57 Å². The molecule has 96 valence electrons. The van der Waals surface area contributed by atoms with Crippen LogP contribution >= 0.6 is 15.9 Å². The summed E-state index contributed by atoms with van der Waals surface area (Å²) in [6, 6.07) is 5.61. The van der Waals surface area contributed by atoms with Crippen LogP contribution in [0.15, 0.2) is 46.4 Å². The third kappa shape index (κ3) is 1.55. The molecule has 0 unspecified atom stereocenters. The minimum absolute atomic E-state index is 0.188. The van der Waals surface area contributed by atoms with Gasteiger partial charge in [-0.1, -0.05) is 0 Å². The van der Waals surface area contributed by atoms with Crippen LogP contribution in [0.1, 0.15) is 15.9 Å². The molecule has 1 amide bonds.